The van der Waals surface area contributed by atoms with Gasteiger partial charge in [-0.2, -0.15) is 0 Å². The van der Waals surface area contributed by atoms with Crippen LogP contribution in [0.2, 0.25) is 0 Å². The highest BCUT2D eigenvalue weighted by Crippen LogP contribution is 2.53. The Labute approximate surface area is 213 Å². The number of hydrogen-bond donors (Lipinski definition) is 2. The van der Waals surface area contributed by atoms with Crippen molar-refractivity contribution in [3.8, 4) is 5.88 Å². The first-order chi connectivity index (χ1) is 16.2. The van der Waals surface area contributed by atoms with E-state index in [1.165, 1.54) is 57.8 Å². The molecule has 5 aliphatic carbocycles. The second-order valence-electron chi connectivity index (χ2n) is 11.5. The fourth-order valence-corrected chi connectivity index (χ4v) is 8.85. The average Bonchev–Trinajstić information content (AvgIpc) is 3.48. The topological polar surface area (TPSA) is 76.4 Å². The molecular formula is C26H40ClN3O3S. The third-order valence-corrected chi connectivity index (χ3v) is 10.5. The summed E-state index contributed by atoms with van der Waals surface area (Å²) in [4.78, 5) is 14.3. The summed E-state index contributed by atoms with van der Waals surface area (Å²) in [6, 6.07) is 0.308. The molecule has 1 aromatic rings. The van der Waals surface area contributed by atoms with E-state index in [1.807, 2.05) is 0 Å². The maximum atomic E-state index is 13.5. The quantitative estimate of drug-likeness (QED) is 0.462. The van der Waals surface area contributed by atoms with E-state index in [0.717, 1.165) is 54.3 Å². The molecule has 1 amide bonds. The highest BCUT2D eigenvalue weighted by atomic mass is 35.5. The summed E-state index contributed by atoms with van der Waals surface area (Å²) in [6.07, 6.45) is 14.1. The molecule has 7 rings (SSSR count). The maximum absolute atomic E-state index is 13.5. The minimum atomic E-state index is -0.0781. The highest BCUT2D eigenvalue weighted by Gasteiger charge is 2.49. The predicted octanol–water partition coefficient (Wildman–Crippen LogP) is 5.31. The molecule has 0 spiro atoms. The van der Waals surface area contributed by atoms with E-state index in [2.05, 4.69) is 15.8 Å². The Bertz CT molecular complexity index is 809. The van der Waals surface area contributed by atoms with Crippen LogP contribution in [0.4, 0.5) is 0 Å². The molecule has 1 saturated heterocycles. The first-order valence-corrected chi connectivity index (χ1v) is 14.5. The van der Waals surface area contributed by atoms with E-state index in [9.17, 15) is 4.79 Å². The Morgan fingerprint density at radius 3 is 2.35 bits per heavy atom. The lowest BCUT2D eigenvalue weighted by molar-refractivity contribution is -0.0124. The number of amides is 1. The van der Waals surface area contributed by atoms with Crippen molar-refractivity contribution in [1.82, 2.24) is 15.8 Å². The average molecular weight is 510 g/mol. The molecule has 6 aliphatic rings. The van der Waals surface area contributed by atoms with Gasteiger partial charge in [-0.3, -0.25) is 4.79 Å². The number of ether oxygens (including phenoxy) is 1. The zero-order valence-corrected chi connectivity index (χ0v) is 21.8. The molecule has 0 aromatic carbocycles. The van der Waals surface area contributed by atoms with E-state index >= 15 is 0 Å². The first kappa shape index (κ1) is 24.8. The van der Waals surface area contributed by atoms with Crippen LogP contribution in [-0.4, -0.2) is 42.6 Å². The van der Waals surface area contributed by atoms with Crippen LogP contribution in [0.25, 0.3) is 0 Å². The van der Waals surface area contributed by atoms with Gasteiger partial charge in [-0.15, -0.1) is 24.2 Å². The molecule has 1 aromatic heterocycles. The van der Waals surface area contributed by atoms with Gasteiger partial charge in [-0.1, -0.05) is 12.8 Å². The molecule has 34 heavy (non-hydrogen) atoms. The van der Waals surface area contributed by atoms with Gasteiger partial charge in [-0.25, -0.2) is 0 Å². The number of nitrogens with one attached hydrogen (secondary N) is 2. The summed E-state index contributed by atoms with van der Waals surface area (Å²) in [6.45, 7) is 2.76. The van der Waals surface area contributed by atoms with Crippen molar-refractivity contribution < 1.29 is 14.1 Å². The van der Waals surface area contributed by atoms with Gasteiger partial charge < -0.3 is 19.9 Å². The van der Waals surface area contributed by atoms with Crippen LogP contribution in [0.15, 0.2) is 9.42 Å². The van der Waals surface area contributed by atoms with E-state index in [4.69, 9.17) is 9.26 Å². The molecule has 0 radical (unpaired) electrons. The van der Waals surface area contributed by atoms with Crippen molar-refractivity contribution in [2.24, 2.45) is 35.5 Å². The molecule has 5 saturated carbocycles. The molecule has 1 aliphatic heterocycles. The molecule has 8 heteroatoms. The van der Waals surface area contributed by atoms with Crippen molar-refractivity contribution in [3.05, 3.63) is 5.76 Å². The first-order valence-electron chi connectivity index (χ1n) is 13.5. The summed E-state index contributed by atoms with van der Waals surface area (Å²) in [5.74, 6) is 6.23. The number of carbonyl (C=O) groups excluding carboxylic acids is 1. The number of nitrogens with zero attached hydrogens (tertiary/aromatic N) is 1. The fraction of sp³-hybridized carbons (Fsp3) is 0.846. The van der Waals surface area contributed by atoms with Gasteiger partial charge in [0.1, 0.15) is 4.90 Å². The van der Waals surface area contributed by atoms with Crippen LogP contribution < -0.4 is 15.4 Å². The molecule has 6 fully saturated rings. The molecule has 6 nitrogen and oxygen atoms in total. The van der Waals surface area contributed by atoms with Gasteiger partial charge in [0.2, 0.25) is 5.76 Å². The minimum Gasteiger partial charge on any atom is -0.474 e. The van der Waals surface area contributed by atoms with Crippen molar-refractivity contribution >= 4 is 30.1 Å². The summed E-state index contributed by atoms with van der Waals surface area (Å²) in [5.41, 5.74) is 0. The van der Waals surface area contributed by atoms with Gasteiger partial charge in [-0.05, 0) is 112 Å². The second-order valence-corrected chi connectivity index (χ2v) is 12.6. The van der Waals surface area contributed by atoms with E-state index in [1.54, 1.807) is 11.8 Å². The third-order valence-electron chi connectivity index (χ3n) is 9.20. The van der Waals surface area contributed by atoms with Gasteiger partial charge in [0.25, 0.3) is 11.8 Å². The van der Waals surface area contributed by atoms with Gasteiger partial charge in [0, 0.05) is 11.8 Å². The molecule has 0 unspecified atom stereocenters. The number of rotatable bonds is 8. The van der Waals surface area contributed by atoms with Gasteiger partial charge >= 0.3 is 0 Å². The lowest BCUT2D eigenvalue weighted by Gasteiger charge is -2.54. The Morgan fingerprint density at radius 1 is 1.00 bits per heavy atom. The summed E-state index contributed by atoms with van der Waals surface area (Å²) in [7, 11) is 0. The number of piperidine rings is 1. The van der Waals surface area contributed by atoms with Gasteiger partial charge in [0.15, 0.2) is 0 Å². The summed E-state index contributed by atoms with van der Waals surface area (Å²) in [5, 5.41) is 11.1. The largest absolute Gasteiger partial charge is 0.474 e. The monoisotopic (exact) mass is 509 g/mol. The molecule has 2 heterocycles. The standard InChI is InChI=1S/C26H39N3O3S.ClH/c30-25(28-22-20-10-18-9-19(12-20)13-21(22)11-18)23-24(33-15-17-3-1-2-4-17)26(29-32-23)31-14-16-5-7-27-8-6-16;/h16-22,27H,1-15H2,(H,28,30);1H. The second kappa shape index (κ2) is 11.0. The molecule has 2 N–H and O–H groups in total. The Hall–Kier alpha value is -0.920. The Kier molecular flexibility index (Phi) is 8.01. The maximum Gasteiger partial charge on any atom is 0.291 e. The predicted molar refractivity (Wildman–Crippen MR) is 136 cm³/mol. The Morgan fingerprint density at radius 2 is 1.68 bits per heavy atom. The SMILES string of the molecule is Cl.O=C(NC1C2CC3CC(C2)CC1C3)c1onc(OCC2CCNCC2)c1SCC1CCCC1. The number of thioether (sulfide) groups is 1. The van der Waals surface area contributed by atoms with Crippen LogP contribution in [0, 0.1) is 35.5 Å². The zero-order chi connectivity index (χ0) is 22.2. The third kappa shape index (κ3) is 5.27. The van der Waals surface area contributed by atoms with E-state index in [-0.39, 0.29) is 18.3 Å². The number of aromatic nitrogens is 1. The van der Waals surface area contributed by atoms with E-state index in [0.29, 0.717) is 42.0 Å². The normalized spacial score (nSPS) is 33.1. The van der Waals surface area contributed by atoms with Crippen LogP contribution >= 0.6 is 24.2 Å². The van der Waals surface area contributed by atoms with Crippen LogP contribution in [0.3, 0.4) is 0 Å². The van der Waals surface area contributed by atoms with Crippen molar-refractivity contribution in [1.29, 1.82) is 0 Å². The van der Waals surface area contributed by atoms with Crippen LogP contribution in [0.1, 0.15) is 81.2 Å². The molecule has 190 valence electrons. The molecule has 4 bridgehead atoms. The van der Waals surface area contributed by atoms with Crippen molar-refractivity contribution in [2.45, 2.75) is 81.6 Å². The zero-order valence-electron chi connectivity index (χ0n) is 20.1. The number of halogens is 1. The lowest BCUT2D eigenvalue weighted by atomic mass is 9.54. The highest BCUT2D eigenvalue weighted by molar-refractivity contribution is 7.99. The Balaban J connectivity index is 0.00000241. The van der Waals surface area contributed by atoms with E-state index < -0.39 is 0 Å². The van der Waals surface area contributed by atoms with Crippen molar-refractivity contribution in [3.63, 3.8) is 0 Å². The van der Waals surface area contributed by atoms with Crippen LogP contribution in [0.5, 0.6) is 5.88 Å². The molecule has 0 atom stereocenters. The summed E-state index contributed by atoms with van der Waals surface area (Å²) >= 11 is 1.73. The molecular weight excluding hydrogens is 470 g/mol. The van der Waals surface area contributed by atoms with Crippen LogP contribution in [-0.2, 0) is 0 Å². The summed E-state index contributed by atoms with van der Waals surface area (Å²) < 4.78 is 11.9. The smallest absolute Gasteiger partial charge is 0.291 e. The fourth-order valence-electron chi connectivity index (χ4n) is 7.63. The number of hydrogen-bond acceptors (Lipinski definition) is 6. The number of carbonyl (C=O) groups is 1. The van der Waals surface area contributed by atoms with Gasteiger partial charge in [0.05, 0.1) is 6.61 Å². The van der Waals surface area contributed by atoms with Crippen molar-refractivity contribution in [2.75, 3.05) is 25.4 Å². The lowest BCUT2D eigenvalue weighted by Crippen LogP contribution is -2.55. The minimum absolute atomic E-state index is 0.